The number of nitrogens with one attached hydrogen (secondary N) is 1. The second kappa shape index (κ2) is 6.02. The lowest BCUT2D eigenvalue weighted by molar-refractivity contribution is 0.679. The Labute approximate surface area is 106 Å². The first-order valence-corrected chi connectivity index (χ1v) is 7.21. The van der Waals surface area contributed by atoms with E-state index in [4.69, 9.17) is 5.26 Å². The summed E-state index contributed by atoms with van der Waals surface area (Å²) in [6.45, 7) is 2.50. The second-order valence-electron chi connectivity index (χ2n) is 3.49. The Hall–Kier alpha value is -0.860. The Bertz CT molecular complexity index is 442. The molecule has 0 saturated carbocycles. The van der Waals surface area contributed by atoms with Gasteiger partial charge in [-0.2, -0.15) is 5.26 Å². The molecule has 0 radical (unpaired) electrons. The van der Waals surface area contributed by atoms with E-state index in [1.165, 1.54) is 0 Å². The van der Waals surface area contributed by atoms with Crippen LogP contribution in [0.5, 0.6) is 0 Å². The van der Waals surface area contributed by atoms with Crippen molar-refractivity contribution in [1.82, 2.24) is 0 Å². The highest BCUT2D eigenvalue weighted by molar-refractivity contribution is 9.10. The van der Waals surface area contributed by atoms with Crippen LogP contribution in [0.3, 0.4) is 0 Å². The van der Waals surface area contributed by atoms with Crippen LogP contribution in [0.4, 0.5) is 5.69 Å². The molecule has 0 saturated heterocycles. The summed E-state index contributed by atoms with van der Waals surface area (Å²) in [5, 5.41) is 12.1. The largest absolute Gasteiger partial charge is 0.383 e. The van der Waals surface area contributed by atoms with E-state index in [-0.39, 0.29) is 5.25 Å². The molecule has 1 aromatic carbocycles. The van der Waals surface area contributed by atoms with Gasteiger partial charge < -0.3 is 5.32 Å². The van der Waals surface area contributed by atoms with E-state index in [1.807, 2.05) is 19.1 Å². The molecular formula is C11H13BrN2OS. The van der Waals surface area contributed by atoms with Crippen molar-refractivity contribution in [3.8, 4) is 6.07 Å². The van der Waals surface area contributed by atoms with Crippen LogP contribution in [-0.2, 0) is 10.8 Å². The minimum atomic E-state index is -0.855. The van der Waals surface area contributed by atoms with Gasteiger partial charge in [-0.15, -0.1) is 0 Å². The van der Waals surface area contributed by atoms with Gasteiger partial charge in [-0.1, -0.05) is 15.9 Å². The molecule has 5 heteroatoms. The smallest absolute Gasteiger partial charge is 0.101 e. The van der Waals surface area contributed by atoms with Gasteiger partial charge in [-0.3, -0.25) is 4.21 Å². The number of rotatable bonds is 4. The average Bonchev–Trinajstić information content (AvgIpc) is 2.25. The van der Waals surface area contributed by atoms with Gasteiger partial charge in [0.25, 0.3) is 0 Å². The van der Waals surface area contributed by atoms with E-state index in [0.717, 1.165) is 10.2 Å². The standard InChI is InChI=1S/C11H13BrN2OS/c1-8(16(2)15)7-14-11-5-10(12)4-3-9(11)6-13/h3-5,8,14H,7H2,1-2H3. The number of nitriles is 1. The summed E-state index contributed by atoms with van der Waals surface area (Å²) in [4.78, 5) is 0. The van der Waals surface area contributed by atoms with Crippen LogP contribution in [-0.4, -0.2) is 22.3 Å². The predicted molar refractivity (Wildman–Crippen MR) is 70.9 cm³/mol. The minimum Gasteiger partial charge on any atom is -0.383 e. The Morgan fingerprint density at radius 2 is 2.31 bits per heavy atom. The van der Waals surface area contributed by atoms with Crippen LogP contribution in [0.1, 0.15) is 12.5 Å². The lowest BCUT2D eigenvalue weighted by Crippen LogP contribution is -2.21. The van der Waals surface area contributed by atoms with E-state index in [0.29, 0.717) is 12.1 Å². The molecule has 0 amide bonds. The number of nitrogens with zero attached hydrogens (tertiary/aromatic N) is 1. The fourth-order valence-electron chi connectivity index (χ4n) is 1.13. The fourth-order valence-corrected chi connectivity index (χ4v) is 1.81. The zero-order valence-corrected chi connectivity index (χ0v) is 11.6. The van der Waals surface area contributed by atoms with Crippen molar-refractivity contribution in [2.45, 2.75) is 12.2 Å². The van der Waals surface area contributed by atoms with Crippen molar-refractivity contribution in [3.05, 3.63) is 28.2 Å². The van der Waals surface area contributed by atoms with E-state index >= 15 is 0 Å². The fraction of sp³-hybridized carbons (Fsp3) is 0.364. The van der Waals surface area contributed by atoms with Crippen LogP contribution in [0.2, 0.25) is 0 Å². The third-order valence-electron chi connectivity index (χ3n) is 2.25. The molecule has 2 atom stereocenters. The maximum absolute atomic E-state index is 11.2. The third-order valence-corrected chi connectivity index (χ3v) is 4.04. The van der Waals surface area contributed by atoms with Gasteiger partial charge in [0, 0.05) is 33.3 Å². The first kappa shape index (κ1) is 13.2. The minimum absolute atomic E-state index is 0.0607. The van der Waals surface area contributed by atoms with Gasteiger partial charge in [-0.25, -0.2) is 0 Å². The molecule has 0 aliphatic rings. The molecule has 3 nitrogen and oxygen atoms in total. The highest BCUT2D eigenvalue weighted by Gasteiger charge is 2.07. The highest BCUT2D eigenvalue weighted by Crippen LogP contribution is 2.20. The van der Waals surface area contributed by atoms with Crippen LogP contribution < -0.4 is 5.32 Å². The number of anilines is 1. The molecule has 0 aliphatic heterocycles. The average molecular weight is 301 g/mol. The number of hydrogen-bond acceptors (Lipinski definition) is 3. The Morgan fingerprint density at radius 1 is 1.62 bits per heavy atom. The Balaban J connectivity index is 2.77. The normalized spacial score (nSPS) is 13.9. The zero-order valence-electron chi connectivity index (χ0n) is 9.16. The molecule has 0 fully saturated rings. The van der Waals surface area contributed by atoms with Crippen molar-refractivity contribution in [3.63, 3.8) is 0 Å². The van der Waals surface area contributed by atoms with Gasteiger partial charge >= 0.3 is 0 Å². The van der Waals surface area contributed by atoms with Crippen molar-refractivity contribution in [2.24, 2.45) is 0 Å². The Morgan fingerprint density at radius 3 is 2.88 bits per heavy atom. The van der Waals surface area contributed by atoms with Crippen molar-refractivity contribution >= 4 is 32.4 Å². The van der Waals surface area contributed by atoms with Crippen LogP contribution >= 0.6 is 15.9 Å². The summed E-state index contributed by atoms with van der Waals surface area (Å²) in [5.41, 5.74) is 1.37. The molecule has 0 bridgehead atoms. The maximum Gasteiger partial charge on any atom is 0.101 e. The SMILES string of the molecule is CC(CNc1cc(Br)ccc1C#N)S(C)=O. The van der Waals surface area contributed by atoms with Crippen LogP contribution in [0.25, 0.3) is 0 Å². The molecule has 86 valence electrons. The van der Waals surface area contributed by atoms with Crippen LogP contribution in [0.15, 0.2) is 22.7 Å². The van der Waals surface area contributed by atoms with E-state index < -0.39 is 10.8 Å². The quantitative estimate of drug-likeness (QED) is 0.929. The molecule has 0 aliphatic carbocycles. The van der Waals surface area contributed by atoms with E-state index in [9.17, 15) is 4.21 Å². The number of hydrogen-bond donors (Lipinski definition) is 1. The molecule has 1 aromatic rings. The first-order valence-electron chi connectivity index (χ1n) is 4.80. The molecule has 1 rings (SSSR count). The number of halogens is 1. The van der Waals surface area contributed by atoms with Gasteiger partial charge in [0.15, 0.2) is 0 Å². The molecule has 0 aromatic heterocycles. The molecule has 0 spiro atoms. The highest BCUT2D eigenvalue weighted by atomic mass is 79.9. The lowest BCUT2D eigenvalue weighted by atomic mass is 10.2. The van der Waals surface area contributed by atoms with Crippen molar-refractivity contribution < 1.29 is 4.21 Å². The summed E-state index contributed by atoms with van der Waals surface area (Å²) in [6.07, 6.45) is 1.68. The monoisotopic (exact) mass is 300 g/mol. The Kier molecular flexibility index (Phi) is 4.97. The van der Waals surface area contributed by atoms with Gasteiger partial charge in [-0.05, 0) is 25.1 Å². The molecule has 0 heterocycles. The lowest BCUT2D eigenvalue weighted by Gasteiger charge is -2.12. The van der Waals surface area contributed by atoms with Crippen molar-refractivity contribution in [1.29, 1.82) is 5.26 Å². The van der Waals surface area contributed by atoms with Crippen molar-refractivity contribution in [2.75, 3.05) is 18.1 Å². The summed E-state index contributed by atoms with van der Waals surface area (Å²) in [7, 11) is -0.855. The van der Waals surface area contributed by atoms with E-state index in [1.54, 1.807) is 12.3 Å². The molecule has 1 N–H and O–H groups in total. The molecule has 2 unspecified atom stereocenters. The zero-order chi connectivity index (χ0) is 12.1. The predicted octanol–water partition coefficient (Wildman–Crippen LogP) is 2.50. The van der Waals surface area contributed by atoms with Crippen LogP contribution in [0, 0.1) is 11.3 Å². The summed E-state index contributed by atoms with van der Waals surface area (Å²) < 4.78 is 12.1. The van der Waals surface area contributed by atoms with Gasteiger partial charge in [0.1, 0.15) is 6.07 Å². The third kappa shape index (κ3) is 3.62. The summed E-state index contributed by atoms with van der Waals surface area (Å²) in [5.74, 6) is 0. The maximum atomic E-state index is 11.2. The summed E-state index contributed by atoms with van der Waals surface area (Å²) >= 11 is 3.35. The topological polar surface area (TPSA) is 52.9 Å². The van der Waals surface area contributed by atoms with Gasteiger partial charge in [0.2, 0.25) is 0 Å². The first-order chi connectivity index (χ1) is 7.54. The molecule has 16 heavy (non-hydrogen) atoms. The second-order valence-corrected chi connectivity index (χ2v) is 6.21. The van der Waals surface area contributed by atoms with E-state index in [2.05, 4.69) is 27.3 Å². The van der Waals surface area contributed by atoms with Gasteiger partial charge in [0.05, 0.1) is 11.3 Å². The molecular weight excluding hydrogens is 288 g/mol. The summed E-state index contributed by atoms with van der Waals surface area (Å²) in [6, 6.07) is 7.54. The number of benzene rings is 1.